The average Bonchev–Trinajstić information content (AvgIpc) is 1.49. The number of hydrogen-bond donors (Lipinski definition) is 0. The molecule has 2 aromatic heterocycles. The third-order valence-corrected chi connectivity index (χ3v) is 20.4. The van der Waals surface area contributed by atoms with E-state index in [0.29, 0.717) is 11.8 Å². The smallest absolute Gasteiger partial charge is 0.227 e. The maximum atomic E-state index is 6.54. The average molecular weight is 1300 g/mol. The normalized spacial score (nSPS) is 11.7. The number of para-hydroxylation sites is 2. The van der Waals surface area contributed by atoms with E-state index in [4.69, 9.17) is 18.8 Å². The Morgan fingerprint density at radius 3 is 1.35 bits per heavy atom. The lowest BCUT2D eigenvalue weighted by atomic mass is 9.92. The number of fused-ring (bicyclic) bond motifs is 15. The summed E-state index contributed by atoms with van der Waals surface area (Å²) in [6, 6.07) is 130. The van der Waals surface area contributed by atoms with Crippen LogP contribution in [0, 0.1) is 0 Å². The lowest BCUT2D eigenvalue weighted by molar-refractivity contribution is 0.620. The number of aromatic nitrogens is 2. The fourth-order valence-corrected chi connectivity index (χ4v) is 15.7. The van der Waals surface area contributed by atoms with Gasteiger partial charge >= 0.3 is 0 Å². The molecule has 0 amide bonds. The molecule has 0 saturated carbocycles. The van der Waals surface area contributed by atoms with Gasteiger partial charge in [0, 0.05) is 56.0 Å². The van der Waals surface area contributed by atoms with Crippen LogP contribution >= 0.6 is 0 Å². The molecule has 6 heteroatoms. The first kappa shape index (κ1) is 58.5. The molecule has 0 unspecified atom stereocenters. The SMILES string of the molecule is c1ccc(-c2nc3c(ccc4ccc5cc(N(c6ccccc6)c6ccc(-c7ccc8c9c(cccc79)-c7ccccc7-8)cc6)ccc5c43)o2)cc1.c1ccc(-c2nc3ccc4ccc5ccc(N(c6ccccc6)c6ccc(-c7c8ccccc8cc8ccccc78)cc6)cc5c4c3o2)cc1. The first-order valence-corrected chi connectivity index (χ1v) is 34.7. The van der Waals surface area contributed by atoms with Gasteiger partial charge in [0.1, 0.15) is 11.0 Å². The Morgan fingerprint density at radius 2 is 0.686 bits per heavy atom. The number of rotatable bonds is 10. The van der Waals surface area contributed by atoms with E-state index in [1.54, 1.807) is 0 Å². The molecule has 6 nitrogen and oxygen atoms in total. The summed E-state index contributed by atoms with van der Waals surface area (Å²) >= 11 is 0. The molecule has 1 aliphatic rings. The summed E-state index contributed by atoms with van der Waals surface area (Å²) in [7, 11) is 0. The van der Waals surface area contributed by atoms with E-state index in [2.05, 4.69) is 307 Å². The van der Waals surface area contributed by atoms with Gasteiger partial charge in [-0.1, -0.05) is 249 Å². The first-order chi connectivity index (χ1) is 50.6. The highest BCUT2D eigenvalue weighted by molar-refractivity contribution is 6.22. The molecule has 0 bridgehead atoms. The molecular formula is C96H60N4O2. The van der Waals surface area contributed by atoms with Gasteiger partial charge in [0.25, 0.3) is 0 Å². The standard InChI is InChI=1S/C49H30N2O.C47H30N2O/c1-3-10-33(11-4-1)49-50-48-45(52-49)29-22-32-18-19-34-30-37(25-26-39(34)46(32)48)51(35-12-5-2-6-13-35)36-23-20-31(21-24-36)38-27-28-44-41-15-8-7-14-40(41)43-17-9-16-42(38)47(43)44;1-3-11-34(12-4-1)47-48-43-28-24-33-20-19-31-21-27-39(30-42(31)45(33)46(43)50-47)49(37-15-5-2-6-16-37)38-25-22-32(23-26-38)44-40-17-9-7-13-35(40)29-36-14-8-10-18-41(36)44/h1-30H;1-30H. The topological polar surface area (TPSA) is 58.5 Å². The second-order valence-electron chi connectivity index (χ2n) is 26.3. The molecule has 0 atom stereocenters. The zero-order valence-electron chi connectivity index (χ0n) is 55.2. The lowest BCUT2D eigenvalue weighted by Crippen LogP contribution is -2.09. The summed E-state index contributed by atoms with van der Waals surface area (Å²) < 4.78 is 12.8. The summed E-state index contributed by atoms with van der Waals surface area (Å²) in [6.45, 7) is 0. The molecule has 0 saturated heterocycles. The molecule has 102 heavy (non-hydrogen) atoms. The zero-order valence-corrected chi connectivity index (χ0v) is 55.2. The van der Waals surface area contributed by atoms with Crippen molar-refractivity contribution in [3.8, 4) is 67.4 Å². The van der Waals surface area contributed by atoms with E-state index < -0.39 is 0 Å². The van der Waals surface area contributed by atoms with Crippen LogP contribution < -0.4 is 9.80 Å². The largest absolute Gasteiger partial charge is 0.436 e. The number of oxazole rings is 2. The van der Waals surface area contributed by atoms with Gasteiger partial charge in [0.2, 0.25) is 11.8 Å². The molecule has 0 spiro atoms. The van der Waals surface area contributed by atoms with Gasteiger partial charge in [-0.3, -0.25) is 0 Å². The van der Waals surface area contributed by atoms with Crippen molar-refractivity contribution in [3.63, 3.8) is 0 Å². The summed E-state index contributed by atoms with van der Waals surface area (Å²) in [5, 5.41) is 16.7. The second-order valence-corrected chi connectivity index (χ2v) is 26.3. The third kappa shape index (κ3) is 9.87. The lowest BCUT2D eigenvalue weighted by Gasteiger charge is -2.26. The van der Waals surface area contributed by atoms with Gasteiger partial charge in [-0.05, 0) is 224 Å². The molecule has 0 radical (unpaired) electrons. The molecule has 21 rings (SSSR count). The van der Waals surface area contributed by atoms with E-state index in [1.807, 2.05) is 66.7 Å². The van der Waals surface area contributed by atoms with Crippen LogP contribution in [0.4, 0.5) is 34.1 Å². The van der Waals surface area contributed by atoms with Crippen molar-refractivity contribution in [3.05, 3.63) is 364 Å². The van der Waals surface area contributed by atoms with E-state index in [9.17, 15) is 0 Å². The monoisotopic (exact) mass is 1300 g/mol. The summed E-state index contributed by atoms with van der Waals surface area (Å²) in [5.74, 6) is 1.27. The van der Waals surface area contributed by atoms with Gasteiger partial charge in [0.05, 0.1) is 0 Å². The van der Waals surface area contributed by atoms with Gasteiger partial charge < -0.3 is 18.6 Å². The highest BCUT2D eigenvalue weighted by Crippen LogP contribution is 2.50. The highest BCUT2D eigenvalue weighted by Gasteiger charge is 2.24. The Kier molecular flexibility index (Phi) is 13.8. The Hall–Kier alpha value is -13.7. The van der Waals surface area contributed by atoms with Crippen molar-refractivity contribution in [2.75, 3.05) is 9.80 Å². The van der Waals surface area contributed by atoms with Crippen LogP contribution in [0.2, 0.25) is 0 Å². The Balaban J connectivity index is 0.000000137. The molecular weight excluding hydrogens is 1240 g/mol. The highest BCUT2D eigenvalue weighted by atomic mass is 16.4. The number of benzene rings is 18. The molecule has 0 aliphatic heterocycles. The second kappa shape index (κ2) is 24.1. The molecule has 20 aromatic rings. The predicted molar refractivity (Wildman–Crippen MR) is 426 cm³/mol. The van der Waals surface area contributed by atoms with E-state index in [1.165, 1.54) is 76.8 Å². The van der Waals surface area contributed by atoms with Gasteiger partial charge in [0.15, 0.2) is 11.2 Å². The Labute approximate surface area is 588 Å². The molecule has 0 fully saturated rings. The number of nitrogens with zero attached hydrogens (tertiary/aromatic N) is 4. The zero-order chi connectivity index (χ0) is 67.2. The predicted octanol–water partition coefficient (Wildman–Crippen LogP) is 27.0. The van der Waals surface area contributed by atoms with E-state index in [0.717, 1.165) is 111 Å². The van der Waals surface area contributed by atoms with Crippen LogP contribution in [-0.4, -0.2) is 9.97 Å². The number of hydrogen-bond acceptors (Lipinski definition) is 6. The fourth-order valence-electron chi connectivity index (χ4n) is 15.7. The summed E-state index contributed by atoms with van der Waals surface area (Å²) in [5.41, 5.74) is 22.0. The van der Waals surface area contributed by atoms with E-state index >= 15 is 0 Å². The van der Waals surface area contributed by atoms with Crippen molar-refractivity contribution >= 4 is 132 Å². The Bertz CT molecular complexity index is 6590. The summed E-state index contributed by atoms with van der Waals surface area (Å²) in [6.07, 6.45) is 0. The Morgan fingerprint density at radius 1 is 0.225 bits per heavy atom. The molecule has 1 aliphatic carbocycles. The van der Waals surface area contributed by atoms with Crippen molar-refractivity contribution in [1.82, 2.24) is 9.97 Å². The van der Waals surface area contributed by atoms with Gasteiger partial charge in [-0.15, -0.1) is 0 Å². The number of anilines is 6. The van der Waals surface area contributed by atoms with Crippen molar-refractivity contribution in [2.45, 2.75) is 0 Å². The fraction of sp³-hybridized carbons (Fsp3) is 0. The van der Waals surface area contributed by atoms with Crippen LogP contribution in [-0.2, 0) is 0 Å². The van der Waals surface area contributed by atoms with Crippen molar-refractivity contribution < 1.29 is 8.83 Å². The van der Waals surface area contributed by atoms with Crippen molar-refractivity contribution in [1.29, 1.82) is 0 Å². The van der Waals surface area contributed by atoms with E-state index in [-0.39, 0.29) is 0 Å². The molecule has 476 valence electrons. The maximum absolute atomic E-state index is 6.54. The van der Waals surface area contributed by atoms with Crippen LogP contribution in [0.5, 0.6) is 0 Å². The minimum absolute atomic E-state index is 0.631. The maximum Gasteiger partial charge on any atom is 0.227 e. The van der Waals surface area contributed by atoms with Crippen LogP contribution in [0.15, 0.2) is 373 Å². The van der Waals surface area contributed by atoms with Crippen molar-refractivity contribution in [2.24, 2.45) is 0 Å². The van der Waals surface area contributed by atoms with Crippen LogP contribution in [0.1, 0.15) is 0 Å². The quantitative estimate of drug-likeness (QED) is 0.100. The summed E-state index contributed by atoms with van der Waals surface area (Å²) in [4.78, 5) is 14.6. The minimum Gasteiger partial charge on any atom is -0.436 e. The van der Waals surface area contributed by atoms with Crippen LogP contribution in [0.3, 0.4) is 0 Å². The van der Waals surface area contributed by atoms with Gasteiger partial charge in [-0.25, -0.2) is 9.97 Å². The van der Waals surface area contributed by atoms with Crippen LogP contribution in [0.25, 0.3) is 165 Å². The molecule has 0 N–H and O–H groups in total. The van der Waals surface area contributed by atoms with Gasteiger partial charge in [-0.2, -0.15) is 0 Å². The molecule has 18 aromatic carbocycles. The first-order valence-electron chi connectivity index (χ1n) is 34.7. The minimum atomic E-state index is 0.631. The molecule has 2 heterocycles. The third-order valence-electron chi connectivity index (χ3n) is 20.4.